The van der Waals surface area contributed by atoms with Gasteiger partial charge in [0.2, 0.25) is 0 Å². The van der Waals surface area contributed by atoms with Gasteiger partial charge >= 0.3 is 0 Å². The summed E-state index contributed by atoms with van der Waals surface area (Å²) in [6.07, 6.45) is -0.586. The molecule has 8 heteroatoms. The average molecular weight is 426 g/mol. The third-order valence-electron chi connectivity index (χ3n) is 5.19. The predicted octanol–water partition coefficient (Wildman–Crippen LogP) is 3.36. The van der Waals surface area contributed by atoms with Crippen LogP contribution < -0.4 is 20.9 Å². The fourth-order valence-corrected chi connectivity index (χ4v) is 3.58. The van der Waals surface area contributed by atoms with Gasteiger partial charge in [-0.3, -0.25) is 14.4 Å². The molecule has 1 aromatic heterocycles. The number of hydrogen-bond acceptors (Lipinski definition) is 5. The summed E-state index contributed by atoms with van der Waals surface area (Å²) in [6, 6.07) is 20.7. The average Bonchev–Trinajstić information content (AvgIpc) is 2.81. The van der Waals surface area contributed by atoms with Crippen molar-refractivity contribution in [2.45, 2.75) is 13.0 Å². The maximum Gasteiger partial charge on any atom is 0.279 e. The van der Waals surface area contributed by atoms with Crippen molar-refractivity contribution in [3.05, 3.63) is 88.8 Å². The van der Waals surface area contributed by atoms with E-state index in [2.05, 4.69) is 15.7 Å². The van der Waals surface area contributed by atoms with Crippen LogP contribution in [0, 0.1) is 0 Å². The van der Waals surface area contributed by atoms with Crippen LogP contribution in [0.4, 0.5) is 11.4 Å². The number of amides is 2. The first-order chi connectivity index (χ1) is 15.5. The Bertz CT molecular complexity index is 1430. The normalized spacial score (nSPS) is 14.9. The summed E-state index contributed by atoms with van der Waals surface area (Å²) in [4.78, 5) is 38.1. The molecule has 2 heterocycles. The molecule has 0 radical (unpaired) electrons. The molecule has 0 saturated heterocycles. The molecule has 2 N–H and O–H groups in total. The van der Waals surface area contributed by atoms with Crippen molar-refractivity contribution in [1.82, 2.24) is 9.78 Å². The van der Waals surface area contributed by atoms with Crippen molar-refractivity contribution in [2.75, 3.05) is 10.6 Å². The SMILES string of the molecule is C[C@@H]1Oc2ccc(NC(=O)c3nn(-c4ccccc4)c(=O)c4ccccc34)cc2NC1=O. The van der Waals surface area contributed by atoms with E-state index in [0.29, 0.717) is 33.6 Å². The van der Waals surface area contributed by atoms with Crippen LogP contribution in [-0.4, -0.2) is 27.7 Å². The first-order valence-electron chi connectivity index (χ1n) is 10.0. The van der Waals surface area contributed by atoms with Gasteiger partial charge in [0.25, 0.3) is 17.4 Å². The van der Waals surface area contributed by atoms with Gasteiger partial charge in [-0.05, 0) is 43.3 Å². The number of rotatable bonds is 3. The summed E-state index contributed by atoms with van der Waals surface area (Å²) in [7, 11) is 0. The van der Waals surface area contributed by atoms with Gasteiger partial charge in [-0.15, -0.1) is 0 Å². The minimum absolute atomic E-state index is 0.107. The number of aromatic nitrogens is 2. The fourth-order valence-electron chi connectivity index (χ4n) is 3.58. The molecule has 1 atom stereocenters. The van der Waals surface area contributed by atoms with Crippen LogP contribution in [-0.2, 0) is 4.79 Å². The largest absolute Gasteiger partial charge is 0.479 e. The van der Waals surface area contributed by atoms with Crippen molar-refractivity contribution in [1.29, 1.82) is 0 Å². The molecule has 158 valence electrons. The van der Waals surface area contributed by atoms with E-state index in [4.69, 9.17) is 4.74 Å². The van der Waals surface area contributed by atoms with E-state index in [-0.39, 0.29) is 17.2 Å². The number of nitrogens with zero attached hydrogens (tertiary/aromatic N) is 2. The molecular weight excluding hydrogens is 408 g/mol. The van der Waals surface area contributed by atoms with Gasteiger partial charge < -0.3 is 15.4 Å². The van der Waals surface area contributed by atoms with Crippen LogP contribution in [0.25, 0.3) is 16.5 Å². The highest BCUT2D eigenvalue weighted by Gasteiger charge is 2.24. The Morgan fingerprint density at radius 3 is 2.50 bits per heavy atom. The van der Waals surface area contributed by atoms with Crippen LogP contribution in [0.5, 0.6) is 5.75 Å². The van der Waals surface area contributed by atoms with Crippen LogP contribution in [0.15, 0.2) is 77.6 Å². The number of para-hydroxylation sites is 1. The van der Waals surface area contributed by atoms with Crippen molar-refractivity contribution >= 4 is 34.0 Å². The minimum Gasteiger partial charge on any atom is -0.479 e. The highest BCUT2D eigenvalue weighted by Crippen LogP contribution is 2.32. The molecule has 0 fully saturated rings. The Morgan fingerprint density at radius 1 is 1.00 bits per heavy atom. The summed E-state index contributed by atoms with van der Waals surface area (Å²) in [5, 5.41) is 10.8. The van der Waals surface area contributed by atoms with Gasteiger partial charge in [0.05, 0.1) is 16.8 Å². The van der Waals surface area contributed by atoms with E-state index in [0.717, 1.165) is 0 Å². The third-order valence-corrected chi connectivity index (χ3v) is 5.19. The molecule has 3 aromatic carbocycles. The van der Waals surface area contributed by atoms with Crippen molar-refractivity contribution < 1.29 is 14.3 Å². The lowest BCUT2D eigenvalue weighted by Gasteiger charge is -2.23. The number of carbonyl (C=O) groups excluding carboxylic acids is 2. The number of ether oxygens (including phenoxy) is 1. The van der Waals surface area contributed by atoms with Crippen molar-refractivity contribution in [2.24, 2.45) is 0 Å². The summed E-state index contributed by atoms with van der Waals surface area (Å²) >= 11 is 0. The Morgan fingerprint density at radius 2 is 1.72 bits per heavy atom. The molecule has 2 amide bonds. The minimum atomic E-state index is -0.586. The summed E-state index contributed by atoms with van der Waals surface area (Å²) in [5.41, 5.74) is 1.27. The van der Waals surface area contributed by atoms with Crippen molar-refractivity contribution in [3.63, 3.8) is 0 Å². The molecule has 0 spiro atoms. The van der Waals surface area contributed by atoms with Crippen LogP contribution in [0.2, 0.25) is 0 Å². The van der Waals surface area contributed by atoms with E-state index in [1.807, 2.05) is 6.07 Å². The van der Waals surface area contributed by atoms with Gasteiger partial charge in [-0.25, -0.2) is 0 Å². The summed E-state index contributed by atoms with van der Waals surface area (Å²) < 4.78 is 6.77. The molecule has 5 rings (SSSR count). The fraction of sp³-hybridized carbons (Fsp3) is 0.0833. The lowest BCUT2D eigenvalue weighted by molar-refractivity contribution is -0.122. The Labute approximate surface area is 182 Å². The van der Waals surface area contributed by atoms with Gasteiger partial charge in [0.15, 0.2) is 11.8 Å². The predicted molar refractivity (Wildman–Crippen MR) is 120 cm³/mol. The molecule has 0 unspecified atom stereocenters. The number of carbonyl (C=O) groups is 2. The zero-order valence-corrected chi connectivity index (χ0v) is 17.0. The number of anilines is 2. The Balaban J connectivity index is 1.56. The second-order valence-corrected chi connectivity index (χ2v) is 7.36. The molecule has 1 aliphatic rings. The van der Waals surface area contributed by atoms with Gasteiger partial charge in [0, 0.05) is 11.1 Å². The maximum absolute atomic E-state index is 13.2. The molecule has 0 saturated carbocycles. The molecule has 0 aliphatic carbocycles. The van der Waals surface area contributed by atoms with E-state index < -0.39 is 12.0 Å². The Hall–Kier alpha value is -4.46. The number of fused-ring (bicyclic) bond motifs is 2. The van der Waals surface area contributed by atoms with Crippen LogP contribution >= 0.6 is 0 Å². The van der Waals surface area contributed by atoms with Gasteiger partial charge in [-0.1, -0.05) is 36.4 Å². The lowest BCUT2D eigenvalue weighted by Crippen LogP contribution is -2.34. The van der Waals surface area contributed by atoms with Crippen LogP contribution in [0.3, 0.4) is 0 Å². The smallest absolute Gasteiger partial charge is 0.279 e. The zero-order chi connectivity index (χ0) is 22.2. The molecule has 0 bridgehead atoms. The maximum atomic E-state index is 13.2. The first-order valence-corrected chi connectivity index (χ1v) is 10.0. The van der Waals surface area contributed by atoms with E-state index in [1.165, 1.54) is 4.68 Å². The molecule has 8 nitrogen and oxygen atoms in total. The standard InChI is InChI=1S/C24H18N4O4/c1-14-22(29)26-19-13-15(11-12-20(19)32-14)25-23(30)21-17-9-5-6-10-18(17)24(31)28(27-21)16-7-3-2-4-8-16/h2-14H,1H3,(H,25,30)(H,26,29)/t14-/m0/s1. The first kappa shape index (κ1) is 19.5. The number of benzene rings is 3. The Kier molecular flexibility index (Phi) is 4.67. The second-order valence-electron chi connectivity index (χ2n) is 7.36. The van der Waals surface area contributed by atoms with E-state index >= 15 is 0 Å². The lowest BCUT2D eigenvalue weighted by atomic mass is 10.1. The molecule has 1 aliphatic heterocycles. The second kappa shape index (κ2) is 7.66. The molecule has 32 heavy (non-hydrogen) atoms. The van der Waals surface area contributed by atoms with Crippen LogP contribution in [0.1, 0.15) is 17.4 Å². The summed E-state index contributed by atoms with van der Waals surface area (Å²) in [5.74, 6) is -0.220. The number of hydrogen-bond donors (Lipinski definition) is 2. The molecular formula is C24H18N4O4. The van der Waals surface area contributed by atoms with Gasteiger partial charge in [0.1, 0.15) is 5.75 Å². The highest BCUT2D eigenvalue weighted by molar-refractivity contribution is 6.11. The monoisotopic (exact) mass is 426 g/mol. The topological polar surface area (TPSA) is 102 Å². The van der Waals surface area contributed by atoms with Gasteiger partial charge in [-0.2, -0.15) is 9.78 Å². The quantitative estimate of drug-likeness (QED) is 0.523. The number of nitrogens with one attached hydrogen (secondary N) is 2. The third kappa shape index (κ3) is 3.37. The summed E-state index contributed by atoms with van der Waals surface area (Å²) in [6.45, 7) is 1.66. The van der Waals surface area contributed by atoms with E-state index in [9.17, 15) is 14.4 Å². The zero-order valence-electron chi connectivity index (χ0n) is 17.0. The van der Waals surface area contributed by atoms with E-state index in [1.54, 1.807) is 73.7 Å². The highest BCUT2D eigenvalue weighted by atomic mass is 16.5. The molecule has 4 aromatic rings. The van der Waals surface area contributed by atoms with Crippen molar-refractivity contribution in [3.8, 4) is 11.4 Å².